The van der Waals surface area contributed by atoms with Crippen molar-refractivity contribution in [1.82, 2.24) is 0 Å². The lowest BCUT2D eigenvalue weighted by molar-refractivity contribution is 0.133. The Labute approximate surface area is 159 Å². The van der Waals surface area contributed by atoms with E-state index < -0.39 is 6.09 Å². The molecule has 0 spiro atoms. The lowest BCUT2D eigenvalue weighted by Crippen LogP contribution is -2.34. The van der Waals surface area contributed by atoms with Gasteiger partial charge in [-0.1, -0.05) is 66.7 Å². The van der Waals surface area contributed by atoms with E-state index in [0.29, 0.717) is 6.61 Å². The third kappa shape index (κ3) is 3.32. The molecule has 4 nitrogen and oxygen atoms in total. The van der Waals surface area contributed by atoms with E-state index >= 15 is 0 Å². The third-order valence-corrected chi connectivity index (χ3v) is 4.88. The highest BCUT2D eigenvalue weighted by molar-refractivity contribution is 5.87. The number of ether oxygens (including phenoxy) is 2. The number of rotatable bonds is 5. The second-order valence-corrected chi connectivity index (χ2v) is 6.49. The maximum atomic E-state index is 12.7. The van der Waals surface area contributed by atoms with Gasteiger partial charge in [-0.25, -0.2) is 4.79 Å². The summed E-state index contributed by atoms with van der Waals surface area (Å²) in [4.78, 5) is 14.2. The van der Waals surface area contributed by atoms with Crippen LogP contribution < -0.4 is 4.90 Å². The van der Waals surface area contributed by atoms with Gasteiger partial charge in [0.1, 0.15) is 13.3 Å². The molecule has 1 aliphatic rings. The Hall–Kier alpha value is -3.11. The van der Waals surface area contributed by atoms with Crippen molar-refractivity contribution in [2.24, 2.45) is 0 Å². The number of carbonyl (C=O) groups excluding carboxylic acids is 1. The van der Waals surface area contributed by atoms with Gasteiger partial charge in [0.15, 0.2) is 0 Å². The van der Waals surface area contributed by atoms with Crippen molar-refractivity contribution in [3.63, 3.8) is 0 Å². The Morgan fingerprint density at radius 3 is 2.00 bits per heavy atom. The van der Waals surface area contributed by atoms with Gasteiger partial charge in [-0.3, -0.25) is 4.90 Å². The smallest absolute Gasteiger partial charge is 0.416 e. The van der Waals surface area contributed by atoms with Crippen LogP contribution >= 0.6 is 0 Å². The molecule has 3 aromatic carbocycles. The molecule has 0 saturated carbocycles. The van der Waals surface area contributed by atoms with Crippen molar-refractivity contribution in [2.75, 3.05) is 25.3 Å². The van der Waals surface area contributed by atoms with Crippen LogP contribution in [-0.4, -0.2) is 26.5 Å². The van der Waals surface area contributed by atoms with E-state index in [1.165, 1.54) is 27.2 Å². The monoisotopic (exact) mass is 359 g/mol. The predicted octanol–water partition coefficient (Wildman–Crippen LogP) is 5.05. The van der Waals surface area contributed by atoms with Crippen LogP contribution in [0.5, 0.6) is 0 Å². The lowest BCUT2D eigenvalue weighted by atomic mass is 9.98. The van der Waals surface area contributed by atoms with Gasteiger partial charge in [-0.2, -0.15) is 0 Å². The van der Waals surface area contributed by atoms with Gasteiger partial charge in [0, 0.05) is 18.7 Å². The zero-order chi connectivity index (χ0) is 18.6. The van der Waals surface area contributed by atoms with E-state index in [9.17, 15) is 4.79 Å². The summed E-state index contributed by atoms with van der Waals surface area (Å²) in [5, 5.41) is 0. The molecule has 0 aromatic heterocycles. The largest absolute Gasteiger partial charge is 0.448 e. The van der Waals surface area contributed by atoms with Crippen molar-refractivity contribution in [3.8, 4) is 11.1 Å². The number of benzene rings is 3. The minimum absolute atomic E-state index is 0.0431. The first-order chi connectivity index (χ1) is 13.3. The molecule has 0 fully saturated rings. The van der Waals surface area contributed by atoms with Crippen molar-refractivity contribution in [2.45, 2.75) is 5.92 Å². The number of para-hydroxylation sites is 1. The average Bonchev–Trinajstić information content (AvgIpc) is 3.05. The number of hydrogen-bond acceptors (Lipinski definition) is 3. The molecule has 1 aliphatic carbocycles. The molecule has 4 heteroatoms. The van der Waals surface area contributed by atoms with Gasteiger partial charge in [-0.05, 0) is 34.4 Å². The number of fused-ring (bicyclic) bond motifs is 3. The van der Waals surface area contributed by atoms with Crippen LogP contribution in [0.1, 0.15) is 17.0 Å². The van der Waals surface area contributed by atoms with Gasteiger partial charge in [0.2, 0.25) is 0 Å². The molecular weight excluding hydrogens is 338 g/mol. The van der Waals surface area contributed by atoms with E-state index in [4.69, 9.17) is 9.47 Å². The molecule has 0 heterocycles. The topological polar surface area (TPSA) is 38.8 Å². The lowest BCUT2D eigenvalue weighted by Gasteiger charge is -2.22. The summed E-state index contributed by atoms with van der Waals surface area (Å²) in [6, 6.07) is 26.0. The van der Waals surface area contributed by atoms with Crippen LogP contribution in [0.15, 0.2) is 78.9 Å². The molecule has 0 saturated heterocycles. The van der Waals surface area contributed by atoms with E-state index in [2.05, 4.69) is 24.3 Å². The van der Waals surface area contributed by atoms with Crippen LogP contribution in [0.3, 0.4) is 0 Å². The molecule has 0 N–H and O–H groups in total. The molecule has 0 radical (unpaired) electrons. The maximum absolute atomic E-state index is 12.7. The zero-order valence-corrected chi connectivity index (χ0v) is 15.2. The molecule has 0 atom stereocenters. The third-order valence-electron chi connectivity index (χ3n) is 4.88. The summed E-state index contributed by atoms with van der Waals surface area (Å²) in [7, 11) is 1.56. The first-order valence-corrected chi connectivity index (χ1v) is 8.96. The van der Waals surface area contributed by atoms with Gasteiger partial charge in [-0.15, -0.1) is 0 Å². The number of carbonyl (C=O) groups is 1. The maximum Gasteiger partial charge on any atom is 0.416 e. The van der Waals surface area contributed by atoms with E-state index in [0.717, 1.165) is 5.69 Å². The SMILES string of the molecule is COCN(C(=O)OCC1c2ccccc2-c2ccccc21)c1ccccc1. The van der Waals surface area contributed by atoms with E-state index in [1.807, 2.05) is 54.6 Å². The Morgan fingerprint density at radius 2 is 1.41 bits per heavy atom. The van der Waals surface area contributed by atoms with E-state index in [1.54, 1.807) is 7.11 Å². The Balaban J connectivity index is 1.55. The molecule has 27 heavy (non-hydrogen) atoms. The number of nitrogens with zero attached hydrogens (tertiary/aromatic N) is 1. The van der Waals surface area contributed by atoms with E-state index in [-0.39, 0.29) is 12.6 Å². The molecule has 1 amide bonds. The standard InChI is InChI=1S/C23H21NO3/c1-26-16-24(17-9-3-2-4-10-17)23(25)27-15-22-20-13-7-5-11-18(20)19-12-6-8-14-21(19)22/h2-14,22H,15-16H2,1H3. The normalized spacial score (nSPS) is 12.3. The Kier molecular flexibility index (Phi) is 4.90. The highest BCUT2D eigenvalue weighted by atomic mass is 16.6. The summed E-state index contributed by atoms with van der Waals surface area (Å²) in [6.45, 7) is 0.431. The first kappa shape index (κ1) is 17.3. The molecule has 4 rings (SSSR count). The molecule has 3 aromatic rings. The summed E-state index contributed by atoms with van der Waals surface area (Å²) >= 11 is 0. The van der Waals surface area contributed by atoms with Crippen molar-refractivity contribution in [1.29, 1.82) is 0 Å². The fourth-order valence-electron chi connectivity index (χ4n) is 3.64. The van der Waals surface area contributed by atoms with Crippen molar-refractivity contribution >= 4 is 11.8 Å². The number of anilines is 1. The van der Waals surface area contributed by atoms with Gasteiger partial charge in [0.05, 0.1) is 0 Å². The minimum Gasteiger partial charge on any atom is -0.448 e. The first-order valence-electron chi connectivity index (χ1n) is 8.96. The number of hydrogen-bond donors (Lipinski definition) is 0. The Bertz CT molecular complexity index is 894. The molecule has 0 aliphatic heterocycles. The second kappa shape index (κ2) is 7.64. The van der Waals surface area contributed by atoms with Crippen molar-refractivity contribution < 1.29 is 14.3 Å². The number of methoxy groups -OCH3 is 1. The fourth-order valence-corrected chi connectivity index (χ4v) is 3.64. The second-order valence-electron chi connectivity index (χ2n) is 6.49. The highest BCUT2D eigenvalue weighted by Gasteiger charge is 2.29. The summed E-state index contributed by atoms with van der Waals surface area (Å²) < 4.78 is 10.9. The van der Waals surface area contributed by atoms with Gasteiger partial charge < -0.3 is 9.47 Å². The molecule has 0 unspecified atom stereocenters. The summed E-state index contributed by atoms with van der Waals surface area (Å²) in [5.74, 6) is 0.0431. The summed E-state index contributed by atoms with van der Waals surface area (Å²) in [5.41, 5.74) is 5.57. The van der Waals surface area contributed by atoms with Gasteiger partial charge >= 0.3 is 6.09 Å². The van der Waals surface area contributed by atoms with Crippen LogP contribution in [0, 0.1) is 0 Å². The molecule has 136 valence electrons. The molecule has 0 bridgehead atoms. The quantitative estimate of drug-likeness (QED) is 0.599. The predicted molar refractivity (Wildman–Crippen MR) is 106 cm³/mol. The van der Waals surface area contributed by atoms with Crippen molar-refractivity contribution in [3.05, 3.63) is 90.0 Å². The van der Waals surface area contributed by atoms with Crippen LogP contribution in [-0.2, 0) is 9.47 Å². The number of amides is 1. The highest BCUT2D eigenvalue weighted by Crippen LogP contribution is 2.44. The van der Waals surface area contributed by atoms with Crippen LogP contribution in [0.2, 0.25) is 0 Å². The fraction of sp³-hybridized carbons (Fsp3) is 0.174. The van der Waals surface area contributed by atoms with Crippen LogP contribution in [0.4, 0.5) is 10.5 Å². The zero-order valence-electron chi connectivity index (χ0n) is 15.2. The summed E-state index contributed by atoms with van der Waals surface area (Å²) in [6.07, 6.45) is -0.412. The minimum atomic E-state index is -0.412. The Morgan fingerprint density at radius 1 is 0.852 bits per heavy atom. The van der Waals surface area contributed by atoms with Crippen LogP contribution in [0.25, 0.3) is 11.1 Å². The average molecular weight is 359 g/mol. The molecular formula is C23H21NO3. The van der Waals surface area contributed by atoms with Gasteiger partial charge in [0.25, 0.3) is 0 Å².